The summed E-state index contributed by atoms with van der Waals surface area (Å²) < 4.78 is 0. The van der Waals surface area contributed by atoms with Crippen molar-refractivity contribution < 1.29 is 4.79 Å². The van der Waals surface area contributed by atoms with Crippen LogP contribution in [-0.2, 0) is 4.79 Å². The summed E-state index contributed by atoms with van der Waals surface area (Å²) in [6.45, 7) is 11.0. The zero-order valence-electron chi connectivity index (χ0n) is 15.6. The summed E-state index contributed by atoms with van der Waals surface area (Å²) in [5, 5.41) is 0. The average Bonchev–Trinajstić information content (AvgIpc) is 2.79. The van der Waals surface area contributed by atoms with Crippen LogP contribution in [0, 0.1) is 11.3 Å². The molecule has 0 radical (unpaired) electrons. The van der Waals surface area contributed by atoms with Gasteiger partial charge in [0.25, 0.3) is 0 Å². The minimum absolute atomic E-state index is 0.0189. The van der Waals surface area contributed by atoms with E-state index >= 15 is 0 Å². The van der Waals surface area contributed by atoms with Crippen LogP contribution in [0.4, 0.5) is 0 Å². The van der Waals surface area contributed by atoms with Gasteiger partial charge in [0.05, 0.1) is 5.41 Å². The van der Waals surface area contributed by atoms with E-state index in [9.17, 15) is 4.79 Å². The van der Waals surface area contributed by atoms with E-state index in [-0.39, 0.29) is 5.41 Å². The van der Waals surface area contributed by atoms with Crippen molar-refractivity contribution in [1.82, 2.24) is 4.90 Å². The topological polar surface area (TPSA) is 20.3 Å². The van der Waals surface area contributed by atoms with Crippen LogP contribution < -0.4 is 0 Å². The predicted molar refractivity (Wildman–Crippen MR) is 96.0 cm³/mol. The lowest BCUT2D eigenvalue weighted by molar-refractivity contribution is -0.138. The van der Waals surface area contributed by atoms with Gasteiger partial charge in [0.1, 0.15) is 0 Å². The van der Waals surface area contributed by atoms with Crippen LogP contribution in [0.2, 0.25) is 0 Å². The molecule has 130 valence electrons. The van der Waals surface area contributed by atoms with E-state index in [4.69, 9.17) is 0 Å². The summed E-state index contributed by atoms with van der Waals surface area (Å²) in [5.74, 6) is 1.11. The molecule has 0 aromatic rings. The van der Waals surface area contributed by atoms with Gasteiger partial charge in [0.2, 0.25) is 5.91 Å². The number of rotatable bonds is 12. The van der Waals surface area contributed by atoms with Gasteiger partial charge >= 0.3 is 0 Å². The van der Waals surface area contributed by atoms with Gasteiger partial charge in [0.15, 0.2) is 0 Å². The van der Waals surface area contributed by atoms with Crippen LogP contribution in [0.25, 0.3) is 0 Å². The molecule has 1 unspecified atom stereocenters. The summed E-state index contributed by atoms with van der Waals surface area (Å²) in [7, 11) is 0. The van der Waals surface area contributed by atoms with Gasteiger partial charge < -0.3 is 4.90 Å². The van der Waals surface area contributed by atoms with E-state index in [0.717, 1.165) is 32.4 Å². The second kappa shape index (κ2) is 10.3. The van der Waals surface area contributed by atoms with Crippen LogP contribution in [-0.4, -0.2) is 23.9 Å². The van der Waals surface area contributed by atoms with Crippen molar-refractivity contribution >= 4 is 5.91 Å². The van der Waals surface area contributed by atoms with Gasteiger partial charge in [-0.05, 0) is 31.6 Å². The highest BCUT2D eigenvalue weighted by molar-refractivity contribution is 5.85. The maximum absolute atomic E-state index is 13.2. The molecule has 1 fully saturated rings. The Hall–Kier alpha value is -0.530. The third-order valence-corrected chi connectivity index (χ3v) is 5.58. The maximum Gasteiger partial charge on any atom is 0.229 e. The molecule has 1 atom stereocenters. The monoisotopic (exact) mass is 309 g/mol. The first-order valence-corrected chi connectivity index (χ1v) is 9.95. The lowest BCUT2D eigenvalue weighted by Gasteiger charge is -2.33. The first-order valence-electron chi connectivity index (χ1n) is 9.95. The molecule has 1 amide bonds. The number of unbranched alkanes of at least 4 members (excludes halogenated alkanes) is 4. The van der Waals surface area contributed by atoms with E-state index in [1.165, 1.54) is 51.4 Å². The molecule has 1 aliphatic rings. The molecule has 2 heteroatoms. The Morgan fingerprint density at radius 2 is 1.45 bits per heavy atom. The number of carbonyl (C=O) groups excluding carboxylic acids is 1. The van der Waals surface area contributed by atoms with Crippen molar-refractivity contribution in [3.63, 3.8) is 0 Å². The molecule has 0 saturated carbocycles. The third kappa shape index (κ3) is 4.73. The number of hydrogen-bond donors (Lipinski definition) is 0. The molecule has 0 aromatic heterocycles. The molecule has 0 spiro atoms. The van der Waals surface area contributed by atoms with Gasteiger partial charge in [-0.2, -0.15) is 0 Å². The van der Waals surface area contributed by atoms with Crippen molar-refractivity contribution in [2.24, 2.45) is 11.3 Å². The van der Waals surface area contributed by atoms with E-state index in [1.807, 2.05) is 0 Å². The fourth-order valence-corrected chi connectivity index (χ4v) is 4.10. The molecule has 1 saturated heterocycles. The molecule has 2 nitrogen and oxygen atoms in total. The van der Waals surface area contributed by atoms with Crippen LogP contribution in [0.3, 0.4) is 0 Å². The zero-order chi connectivity index (χ0) is 16.4. The molecule has 0 bridgehead atoms. The summed E-state index contributed by atoms with van der Waals surface area (Å²) >= 11 is 0. The summed E-state index contributed by atoms with van der Waals surface area (Å²) in [5.41, 5.74) is -0.0189. The van der Waals surface area contributed by atoms with Crippen LogP contribution in [0.5, 0.6) is 0 Å². The molecule has 0 aliphatic carbocycles. The van der Waals surface area contributed by atoms with Crippen molar-refractivity contribution in [1.29, 1.82) is 0 Å². The minimum atomic E-state index is -0.0189. The molecule has 0 aromatic carbocycles. The number of amides is 1. The van der Waals surface area contributed by atoms with Gasteiger partial charge in [-0.1, -0.05) is 72.6 Å². The Kier molecular flexibility index (Phi) is 9.12. The maximum atomic E-state index is 13.2. The smallest absolute Gasteiger partial charge is 0.229 e. The van der Waals surface area contributed by atoms with Crippen molar-refractivity contribution in [3.8, 4) is 0 Å². The molecule has 1 aliphatic heterocycles. The van der Waals surface area contributed by atoms with Crippen LogP contribution >= 0.6 is 0 Å². The largest absolute Gasteiger partial charge is 0.342 e. The number of likely N-dealkylation sites (tertiary alicyclic amines) is 1. The van der Waals surface area contributed by atoms with E-state index in [2.05, 4.69) is 32.6 Å². The fraction of sp³-hybridized carbons (Fsp3) is 0.950. The van der Waals surface area contributed by atoms with Crippen LogP contribution in [0.1, 0.15) is 98.3 Å². The molecule has 1 heterocycles. The van der Waals surface area contributed by atoms with Crippen LogP contribution in [0.15, 0.2) is 0 Å². The highest BCUT2D eigenvalue weighted by atomic mass is 16.2. The normalized spacial score (nSPS) is 20.8. The van der Waals surface area contributed by atoms with Gasteiger partial charge in [-0.25, -0.2) is 0 Å². The van der Waals surface area contributed by atoms with E-state index in [1.54, 1.807) is 0 Å². The summed E-state index contributed by atoms with van der Waals surface area (Å²) in [4.78, 5) is 15.5. The first kappa shape index (κ1) is 19.5. The number of carbonyl (C=O) groups is 1. The molecular formula is C20H39NO. The Morgan fingerprint density at radius 1 is 0.909 bits per heavy atom. The van der Waals surface area contributed by atoms with Gasteiger partial charge in [-0.3, -0.25) is 4.79 Å². The lowest BCUT2D eigenvalue weighted by Crippen LogP contribution is -2.37. The van der Waals surface area contributed by atoms with Crippen molar-refractivity contribution in [2.45, 2.75) is 98.3 Å². The number of nitrogens with zero attached hydrogens (tertiary/aromatic N) is 1. The Labute approximate surface area is 139 Å². The van der Waals surface area contributed by atoms with E-state index < -0.39 is 0 Å². The lowest BCUT2D eigenvalue weighted by atomic mass is 9.68. The molecule has 22 heavy (non-hydrogen) atoms. The van der Waals surface area contributed by atoms with Crippen molar-refractivity contribution in [2.75, 3.05) is 13.1 Å². The zero-order valence-corrected chi connectivity index (χ0v) is 15.6. The number of hydrogen-bond acceptors (Lipinski definition) is 1. The predicted octanol–water partition coefficient (Wildman–Crippen LogP) is 5.80. The molecular weight excluding hydrogens is 270 g/mol. The highest BCUT2D eigenvalue weighted by Gasteiger charge is 2.51. The SMILES string of the molecule is CCCCC1CN(CCCC)C(=O)C1(CCCC)CCCC. The van der Waals surface area contributed by atoms with E-state index in [0.29, 0.717) is 11.8 Å². The second-order valence-electron chi connectivity index (χ2n) is 7.31. The standard InChI is InChI=1S/C20H39NO/c1-5-9-13-18-17-21(16-12-8-4)19(22)20(18,14-10-6-2)15-11-7-3/h18H,5-17H2,1-4H3. The molecule has 1 rings (SSSR count). The first-order chi connectivity index (χ1) is 10.7. The second-order valence-corrected chi connectivity index (χ2v) is 7.31. The average molecular weight is 310 g/mol. The van der Waals surface area contributed by atoms with Gasteiger partial charge in [0, 0.05) is 13.1 Å². The van der Waals surface area contributed by atoms with Crippen molar-refractivity contribution in [3.05, 3.63) is 0 Å². The molecule has 0 N–H and O–H groups in total. The van der Waals surface area contributed by atoms with Gasteiger partial charge in [-0.15, -0.1) is 0 Å². The Balaban J connectivity index is 2.92. The minimum Gasteiger partial charge on any atom is -0.342 e. The third-order valence-electron chi connectivity index (χ3n) is 5.58. The Morgan fingerprint density at radius 3 is 1.95 bits per heavy atom. The highest BCUT2D eigenvalue weighted by Crippen LogP contribution is 2.47. The summed E-state index contributed by atoms with van der Waals surface area (Å²) in [6, 6.07) is 0. The Bertz CT molecular complexity index is 305. The summed E-state index contributed by atoms with van der Waals surface area (Å²) in [6.07, 6.45) is 13.2. The fourth-order valence-electron chi connectivity index (χ4n) is 4.10. The quantitative estimate of drug-likeness (QED) is 0.446.